The Labute approximate surface area is 157 Å². The molecule has 1 aromatic carbocycles. The number of carbonyl (C=O) groups is 2. The van der Waals surface area contributed by atoms with E-state index in [2.05, 4.69) is 9.97 Å². The highest BCUT2D eigenvalue weighted by molar-refractivity contribution is 5.81. The lowest BCUT2D eigenvalue weighted by atomic mass is 9.92. The Kier molecular flexibility index (Phi) is 4.85. The van der Waals surface area contributed by atoms with Crippen molar-refractivity contribution in [1.82, 2.24) is 19.8 Å². The third-order valence-corrected chi connectivity index (χ3v) is 5.87. The lowest BCUT2D eigenvalue weighted by Crippen LogP contribution is -2.48. The van der Waals surface area contributed by atoms with Gasteiger partial charge in [0.1, 0.15) is 11.6 Å². The molecule has 1 atom stereocenters. The molecular weight excluding hydrogens is 347 g/mol. The molecule has 0 saturated carbocycles. The maximum absolute atomic E-state index is 13.4. The topological polar surface area (TPSA) is 69.3 Å². The summed E-state index contributed by atoms with van der Waals surface area (Å²) in [7, 11) is 0. The summed E-state index contributed by atoms with van der Waals surface area (Å²) in [5.74, 6) is 1.00. The van der Waals surface area contributed by atoms with Gasteiger partial charge >= 0.3 is 0 Å². The number of hydrogen-bond acceptors (Lipinski definition) is 3. The summed E-state index contributed by atoms with van der Waals surface area (Å²) < 4.78 is 13.4. The fourth-order valence-electron chi connectivity index (χ4n) is 4.29. The SMILES string of the molecule is CC(=O)N1CCC[C@@H](C(=O)N2CCC(c3nc4ccc(F)cc4[nH]3)CC2)C1. The number of amides is 2. The third-order valence-electron chi connectivity index (χ3n) is 5.87. The molecule has 7 heteroatoms. The number of aromatic amines is 1. The monoisotopic (exact) mass is 372 g/mol. The van der Waals surface area contributed by atoms with Crippen LogP contribution in [0, 0.1) is 11.7 Å². The van der Waals surface area contributed by atoms with E-state index in [9.17, 15) is 14.0 Å². The molecule has 0 spiro atoms. The van der Waals surface area contributed by atoms with E-state index in [-0.39, 0.29) is 29.5 Å². The number of likely N-dealkylation sites (tertiary alicyclic amines) is 2. The predicted octanol–water partition coefficient (Wildman–Crippen LogP) is 2.67. The minimum Gasteiger partial charge on any atom is -0.342 e. The second-order valence-electron chi connectivity index (χ2n) is 7.69. The van der Waals surface area contributed by atoms with Crippen LogP contribution in [0.15, 0.2) is 18.2 Å². The highest BCUT2D eigenvalue weighted by atomic mass is 19.1. The Hall–Kier alpha value is -2.44. The van der Waals surface area contributed by atoms with Crippen LogP contribution in [0.25, 0.3) is 11.0 Å². The van der Waals surface area contributed by atoms with E-state index in [0.717, 1.165) is 49.1 Å². The summed E-state index contributed by atoms with van der Waals surface area (Å²) in [6.07, 6.45) is 3.44. The van der Waals surface area contributed by atoms with E-state index >= 15 is 0 Å². The Balaban J connectivity index is 1.38. The average molecular weight is 372 g/mol. The number of H-pyrrole nitrogens is 1. The molecule has 2 aromatic rings. The molecule has 3 heterocycles. The van der Waals surface area contributed by atoms with Gasteiger partial charge in [0, 0.05) is 39.0 Å². The summed E-state index contributed by atoms with van der Waals surface area (Å²) in [4.78, 5) is 36.0. The van der Waals surface area contributed by atoms with E-state index in [1.54, 1.807) is 17.9 Å². The minimum absolute atomic E-state index is 0.0486. The van der Waals surface area contributed by atoms with Crippen LogP contribution in [0.3, 0.4) is 0 Å². The van der Waals surface area contributed by atoms with Crippen LogP contribution in [-0.4, -0.2) is 57.8 Å². The van der Waals surface area contributed by atoms with Crippen molar-refractivity contribution < 1.29 is 14.0 Å². The Bertz CT molecular complexity index is 857. The summed E-state index contributed by atoms with van der Waals surface area (Å²) in [5.41, 5.74) is 1.49. The van der Waals surface area contributed by atoms with Gasteiger partial charge in [0.25, 0.3) is 0 Å². The number of hydrogen-bond donors (Lipinski definition) is 1. The van der Waals surface area contributed by atoms with Crippen molar-refractivity contribution in [3.8, 4) is 0 Å². The zero-order valence-electron chi connectivity index (χ0n) is 15.6. The number of fused-ring (bicyclic) bond motifs is 1. The highest BCUT2D eigenvalue weighted by Crippen LogP contribution is 2.29. The second kappa shape index (κ2) is 7.29. The fraction of sp³-hybridized carbons (Fsp3) is 0.550. The lowest BCUT2D eigenvalue weighted by Gasteiger charge is -2.37. The van der Waals surface area contributed by atoms with Crippen LogP contribution in [0.2, 0.25) is 0 Å². The first-order valence-electron chi connectivity index (χ1n) is 9.70. The van der Waals surface area contributed by atoms with Gasteiger partial charge in [-0.05, 0) is 43.9 Å². The molecule has 0 unspecified atom stereocenters. The lowest BCUT2D eigenvalue weighted by molar-refractivity contribution is -0.141. The van der Waals surface area contributed by atoms with Crippen LogP contribution in [0.5, 0.6) is 0 Å². The van der Waals surface area contributed by atoms with Gasteiger partial charge in [-0.3, -0.25) is 9.59 Å². The van der Waals surface area contributed by atoms with Crippen LogP contribution in [-0.2, 0) is 9.59 Å². The molecular formula is C20H25FN4O2. The number of piperidine rings is 2. The van der Waals surface area contributed by atoms with Crippen molar-refractivity contribution >= 4 is 22.8 Å². The molecule has 1 N–H and O–H groups in total. The number of rotatable bonds is 2. The largest absolute Gasteiger partial charge is 0.342 e. The smallest absolute Gasteiger partial charge is 0.227 e. The normalized spacial score (nSPS) is 21.6. The van der Waals surface area contributed by atoms with Gasteiger partial charge in [-0.2, -0.15) is 0 Å². The van der Waals surface area contributed by atoms with Crippen molar-refractivity contribution in [3.63, 3.8) is 0 Å². The molecule has 2 amide bonds. The number of halogens is 1. The highest BCUT2D eigenvalue weighted by Gasteiger charge is 2.33. The minimum atomic E-state index is -0.273. The molecule has 2 fully saturated rings. The summed E-state index contributed by atoms with van der Waals surface area (Å²) in [6, 6.07) is 4.57. The van der Waals surface area contributed by atoms with Crippen molar-refractivity contribution in [2.24, 2.45) is 5.92 Å². The number of nitrogens with one attached hydrogen (secondary N) is 1. The van der Waals surface area contributed by atoms with Crippen molar-refractivity contribution in [3.05, 3.63) is 29.8 Å². The zero-order chi connectivity index (χ0) is 19.0. The van der Waals surface area contributed by atoms with Crippen LogP contribution in [0.4, 0.5) is 4.39 Å². The standard InChI is InChI=1S/C20H25FN4O2/c1-13(26)25-8-2-3-15(12-25)20(27)24-9-6-14(7-10-24)19-22-17-5-4-16(21)11-18(17)23-19/h4-5,11,14-15H,2-3,6-10,12H2,1H3,(H,22,23)/t15-/m1/s1. The number of benzene rings is 1. The van der Waals surface area contributed by atoms with E-state index in [1.165, 1.54) is 12.1 Å². The predicted molar refractivity (Wildman–Crippen MR) is 99.6 cm³/mol. The molecule has 6 nitrogen and oxygen atoms in total. The van der Waals surface area contributed by atoms with Gasteiger partial charge in [0.15, 0.2) is 0 Å². The quantitative estimate of drug-likeness (QED) is 0.881. The van der Waals surface area contributed by atoms with E-state index in [4.69, 9.17) is 0 Å². The van der Waals surface area contributed by atoms with Gasteiger partial charge < -0.3 is 14.8 Å². The maximum Gasteiger partial charge on any atom is 0.227 e. The molecule has 0 radical (unpaired) electrons. The molecule has 27 heavy (non-hydrogen) atoms. The van der Waals surface area contributed by atoms with Crippen molar-refractivity contribution in [2.45, 2.75) is 38.5 Å². The van der Waals surface area contributed by atoms with Crippen molar-refractivity contribution in [2.75, 3.05) is 26.2 Å². The van der Waals surface area contributed by atoms with Gasteiger partial charge in [-0.25, -0.2) is 9.37 Å². The summed E-state index contributed by atoms with van der Waals surface area (Å²) in [6.45, 7) is 4.27. The molecule has 4 rings (SSSR count). The van der Waals surface area contributed by atoms with E-state index in [1.807, 2.05) is 4.90 Å². The first kappa shape index (κ1) is 17.9. The molecule has 1 aromatic heterocycles. The van der Waals surface area contributed by atoms with Crippen molar-refractivity contribution in [1.29, 1.82) is 0 Å². The molecule has 2 aliphatic rings. The molecule has 0 bridgehead atoms. The first-order valence-corrected chi connectivity index (χ1v) is 9.70. The number of carbonyl (C=O) groups excluding carboxylic acids is 2. The van der Waals surface area contributed by atoms with Gasteiger partial charge in [0.05, 0.1) is 17.0 Å². The van der Waals surface area contributed by atoms with Crippen LogP contribution in [0.1, 0.15) is 44.3 Å². The summed E-state index contributed by atoms with van der Waals surface area (Å²) >= 11 is 0. The Morgan fingerprint density at radius 1 is 1.15 bits per heavy atom. The van der Waals surface area contributed by atoms with Gasteiger partial charge in [-0.1, -0.05) is 0 Å². The number of aromatic nitrogens is 2. The van der Waals surface area contributed by atoms with Crippen LogP contribution < -0.4 is 0 Å². The third kappa shape index (κ3) is 3.68. The number of nitrogens with zero attached hydrogens (tertiary/aromatic N) is 3. The maximum atomic E-state index is 13.4. The molecule has 144 valence electrons. The fourth-order valence-corrected chi connectivity index (χ4v) is 4.29. The van der Waals surface area contributed by atoms with Crippen LogP contribution >= 0.6 is 0 Å². The number of imidazole rings is 1. The summed E-state index contributed by atoms with van der Waals surface area (Å²) in [5, 5.41) is 0. The molecule has 2 aliphatic heterocycles. The zero-order valence-corrected chi connectivity index (χ0v) is 15.6. The van der Waals surface area contributed by atoms with E-state index in [0.29, 0.717) is 19.6 Å². The Morgan fingerprint density at radius 3 is 2.67 bits per heavy atom. The van der Waals surface area contributed by atoms with Gasteiger partial charge in [-0.15, -0.1) is 0 Å². The molecule has 0 aliphatic carbocycles. The average Bonchev–Trinajstić information content (AvgIpc) is 3.10. The van der Waals surface area contributed by atoms with Gasteiger partial charge in [0.2, 0.25) is 11.8 Å². The van der Waals surface area contributed by atoms with E-state index < -0.39 is 0 Å². The first-order chi connectivity index (χ1) is 13.0. The molecule has 2 saturated heterocycles. The Morgan fingerprint density at radius 2 is 1.93 bits per heavy atom. The second-order valence-corrected chi connectivity index (χ2v) is 7.69.